The molecule has 3 rings (SSSR count). The van der Waals surface area contributed by atoms with Gasteiger partial charge in [-0.3, -0.25) is 4.79 Å². The first-order valence-corrected chi connectivity index (χ1v) is 7.84. The van der Waals surface area contributed by atoms with Crippen molar-refractivity contribution in [2.75, 3.05) is 12.3 Å². The number of ether oxygens (including phenoxy) is 1. The average molecular weight is 299 g/mol. The Bertz CT molecular complexity index is 632. The van der Waals surface area contributed by atoms with Crippen LogP contribution >= 0.6 is 11.8 Å². The zero-order chi connectivity index (χ0) is 14.7. The van der Waals surface area contributed by atoms with Crippen LogP contribution in [0.3, 0.4) is 0 Å². The van der Waals surface area contributed by atoms with Crippen LogP contribution < -0.4 is 5.73 Å². The number of thioether (sulfide) groups is 1. The van der Waals surface area contributed by atoms with Crippen molar-refractivity contribution in [1.29, 1.82) is 0 Å². The zero-order valence-electron chi connectivity index (χ0n) is 11.6. The molecule has 0 amide bonds. The number of fused-ring (bicyclic) bond motifs is 1. The Morgan fingerprint density at radius 3 is 2.76 bits per heavy atom. The van der Waals surface area contributed by atoms with E-state index >= 15 is 0 Å². The highest BCUT2D eigenvalue weighted by Crippen LogP contribution is 2.36. The number of anilines is 1. The van der Waals surface area contributed by atoms with Gasteiger partial charge in [0.15, 0.2) is 0 Å². The SMILES string of the molecule is Nc1ccccc1CC(=O)OCC1Cc2ccccc2S1. The maximum absolute atomic E-state index is 11.9. The van der Waals surface area contributed by atoms with Gasteiger partial charge >= 0.3 is 5.97 Å². The summed E-state index contributed by atoms with van der Waals surface area (Å²) < 4.78 is 5.40. The van der Waals surface area contributed by atoms with Gasteiger partial charge < -0.3 is 10.5 Å². The lowest BCUT2D eigenvalue weighted by atomic mass is 10.1. The van der Waals surface area contributed by atoms with Gasteiger partial charge in [-0.05, 0) is 29.7 Å². The van der Waals surface area contributed by atoms with Crippen LogP contribution in [0.1, 0.15) is 11.1 Å². The highest BCUT2D eigenvalue weighted by Gasteiger charge is 2.23. The Morgan fingerprint density at radius 1 is 1.19 bits per heavy atom. The molecule has 0 radical (unpaired) electrons. The van der Waals surface area contributed by atoms with E-state index in [9.17, 15) is 4.79 Å². The smallest absolute Gasteiger partial charge is 0.310 e. The quantitative estimate of drug-likeness (QED) is 0.696. The van der Waals surface area contributed by atoms with Crippen molar-refractivity contribution in [3.8, 4) is 0 Å². The van der Waals surface area contributed by atoms with Crippen molar-refractivity contribution < 1.29 is 9.53 Å². The van der Waals surface area contributed by atoms with Crippen molar-refractivity contribution in [2.24, 2.45) is 0 Å². The van der Waals surface area contributed by atoms with Crippen LogP contribution in [0.25, 0.3) is 0 Å². The number of benzene rings is 2. The summed E-state index contributed by atoms with van der Waals surface area (Å²) in [5, 5.41) is 0.319. The molecule has 0 aromatic heterocycles. The normalized spacial score (nSPS) is 16.5. The van der Waals surface area contributed by atoms with E-state index in [4.69, 9.17) is 10.5 Å². The van der Waals surface area contributed by atoms with Gasteiger partial charge in [-0.1, -0.05) is 36.4 Å². The second kappa shape index (κ2) is 6.22. The highest BCUT2D eigenvalue weighted by atomic mass is 32.2. The summed E-state index contributed by atoms with van der Waals surface area (Å²) in [6.45, 7) is 0.449. The van der Waals surface area contributed by atoms with E-state index < -0.39 is 0 Å². The van der Waals surface area contributed by atoms with E-state index in [1.165, 1.54) is 10.5 Å². The molecule has 0 saturated heterocycles. The minimum Gasteiger partial charge on any atom is -0.464 e. The molecule has 0 fully saturated rings. The maximum Gasteiger partial charge on any atom is 0.310 e. The van der Waals surface area contributed by atoms with Gasteiger partial charge in [-0.15, -0.1) is 11.8 Å². The molecule has 2 N–H and O–H groups in total. The fraction of sp³-hybridized carbons (Fsp3) is 0.235. The van der Waals surface area contributed by atoms with Crippen LogP contribution in [0, 0.1) is 0 Å². The number of carbonyl (C=O) groups is 1. The van der Waals surface area contributed by atoms with E-state index in [1.54, 1.807) is 17.8 Å². The molecule has 3 nitrogen and oxygen atoms in total. The summed E-state index contributed by atoms with van der Waals surface area (Å²) in [5.74, 6) is -0.218. The van der Waals surface area contributed by atoms with Gasteiger partial charge in [0, 0.05) is 15.8 Å². The van der Waals surface area contributed by atoms with Crippen LogP contribution in [-0.2, 0) is 22.4 Å². The predicted octanol–water partition coefficient (Wildman–Crippen LogP) is 3.07. The highest BCUT2D eigenvalue weighted by molar-refractivity contribution is 8.00. The number of rotatable bonds is 4. The van der Waals surface area contributed by atoms with Crippen LogP contribution in [0.4, 0.5) is 5.69 Å². The Labute approximate surface area is 128 Å². The number of nitrogens with two attached hydrogens (primary N) is 1. The van der Waals surface area contributed by atoms with Crippen molar-refractivity contribution in [3.63, 3.8) is 0 Å². The minimum absolute atomic E-state index is 0.218. The molecule has 108 valence electrons. The first-order valence-electron chi connectivity index (χ1n) is 6.96. The zero-order valence-corrected chi connectivity index (χ0v) is 12.4. The fourth-order valence-corrected chi connectivity index (χ4v) is 3.65. The van der Waals surface area contributed by atoms with Crippen molar-refractivity contribution in [1.82, 2.24) is 0 Å². The van der Waals surface area contributed by atoms with Crippen molar-refractivity contribution >= 4 is 23.4 Å². The third kappa shape index (κ3) is 3.39. The number of carbonyl (C=O) groups excluding carboxylic acids is 1. The predicted molar refractivity (Wildman–Crippen MR) is 85.3 cm³/mol. The van der Waals surface area contributed by atoms with E-state index in [0.29, 0.717) is 17.5 Å². The molecule has 21 heavy (non-hydrogen) atoms. The monoisotopic (exact) mass is 299 g/mol. The molecule has 1 atom stereocenters. The van der Waals surface area contributed by atoms with Crippen molar-refractivity contribution in [3.05, 3.63) is 59.7 Å². The number of nitrogen functional groups attached to an aromatic ring is 1. The summed E-state index contributed by atoms with van der Waals surface area (Å²) in [4.78, 5) is 13.2. The molecule has 4 heteroatoms. The summed E-state index contributed by atoms with van der Waals surface area (Å²) in [5.41, 5.74) is 8.64. The first kappa shape index (κ1) is 14.0. The maximum atomic E-state index is 11.9. The van der Waals surface area contributed by atoms with Gasteiger partial charge in [0.2, 0.25) is 0 Å². The second-order valence-corrected chi connectivity index (χ2v) is 6.45. The van der Waals surface area contributed by atoms with Crippen molar-refractivity contribution in [2.45, 2.75) is 23.0 Å². The Hall–Kier alpha value is -1.94. The van der Waals surface area contributed by atoms with Gasteiger partial charge in [0.25, 0.3) is 0 Å². The molecule has 1 heterocycles. The number of hydrogen-bond donors (Lipinski definition) is 1. The molecule has 0 saturated carbocycles. The van der Waals surface area contributed by atoms with E-state index in [-0.39, 0.29) is 12.4 Å². The number of hydrogen-bond acceptors (Lipinski definition) is 4. The molecule has 1 unspecified atom stereocenters. The minimum atomic E-state index is -0.218. The summed E-state index contributed by atoms with van der Waals surface area (Å²) in [6.07, 6.45) is 1.19. The lowest BCUT2D eigenvalue weighted by Crippen LogP contribution is -2.17. The standard InChI is InChI=1S/C17H17NO2S/c18-15-7-3-1-5-12(15)10-17(19)20-11-14-9-13-6-2-4-8-16(13)21-14/h1-8,14H,9-11,18H2. The summed E-state index contributed by atoms with van der Waals surface area (Å²) >= 11 is 1.79. The van der Waals surface area contributed by atoms with E-state index in [1.807, 2.05) is 30.3 Å². The second-order valence-electron chi connectivity index (χ2n) is 5.11. The first-order chi connectivity index (χ1) is 10.2. The lowest BCUT2D eigenvalue weighted by molar-refractivity contribution is -0.142. The van der Waals surface area contributed by atoms with Crippen LogP contribution in [-0.4, -0.2) is 17.8 Å². The molecule has 1 aliphatic heterocycles. The third-order valence-electron chi connectivity index (χ3n) is 3.53. The Morgan fingerprint density at radius 2 is 1.95 bits per heavy atom. The van der Waals surface area contributed by atoms with Gasteiger partial charge in [-0.2, -0.15) is 0 Å². The van der Waals surface area contributed by atoms with Gasteiger partial charge in [-0.25, -0.2) is 0 Å². The van der Waals surface area contributed by atoms with E-state index in [2.05, 4.69) is 12.1 Å². The molecule has 0 aliphatic carbocycles. The summed E-state index contributed by atoms with van der Waals surface area (Å²) in [7, 11) is 0. The topological polar surface area (TPSA) is 52.3 Å². The van der Waals surface area contributed by atoms with Crippen LogP contribution in [0.5, 0.6) is 0 Å². The van der Waals surface area contributed by atoms with Gasteiger partial charge in [0.1, 0.15) is 6.61 Å². The molecule has 0 spiro atoms. The molecule has 1 aliphatic rings. The summed E-state index contributed by atoms with van der Waals surface area (Å²) in [6, 6.07) is 15.7. The molecular formula is C17H17NO2S. The van der Waals surface area contributed by atoms with Crippen LogP contribution in [0.2, 0.25) is 0 Å². The number of para-hydroxylation sites is 1. The molecule has 0 bridgehead atoms. The lowest BCUT2D eigenvalue weighted by Gasteiger charge is -2.10. The fourth-order valence-electron chi connectivity index (χ4n) is 2.43. The Kier molecular flexibility index (Phi) is 4.15. The Balaban J connectivity index is 1.50. The third-order valence-corrected chi connectivity index (χ3v) is 4.82. The molecule has 2 aromatic rings. The van der Waals surface area contributed by atoms with Gasteiger partial charge in [0.05, 0.1) is 6.42 Å². The largest absolute Gasteiger partial charge is 0.464 e. The average Bonchev–Trinajstić information content (AvgIpc) is 2.90. The molecular weight excluding hydrogens is 282 g/mol. The number of esters is 1. The van der Waals surface area contributed by atoms with Crippen LogP contribution in [0.15, 0.2) is 53.4 Å². The molecule has 2 aromatic carbocycles. The van der Waals surface area contributed by atoms with E-state index in [0.717, 1.165) is 12.0 Å².